The molecular weight excluding hydrogens is 230 g/mol. The van der Waals surface area contributed by atoms with Crippen LogP contribution in [0.15, 0.2) is 24.3 Å². The lowest BCUT2D eigenvalue weighted by molar-refractivity contribution is 0.150. The van der Waals surface area contributed by atoms with Gasteiger partial charge in [-0.1, -0.05) is 25.5 Å². The molecule has 1 aromatic rings. The first-order chi connectivity index (χ1) is 8.76. The lowest BCUT2D eigenvalue weighted by Crippen LogP contribution is -2.28. The van der Waals surface area contributed by atoms with Crippen molar-refractivity contribution in [3.05, 3.63) is 29.8 Å². The molecule has 0 saturated carbocycles. The second-order valence-electron chi connectivity index (χ2n) is 3.89. The fraction of sp³-hybridized carbons (Fsp3) is 0.500. The number of carbonyl (C=O) groups is 1. The zero-order chi connectivity index (χ0) is 13.2. The van der Waals surface area contributed by atoms with Crippen LogP contribution in [0, 0.1) is 0 Å². The van der Waals surface area contributed by atoms with Gasteiger partial charge in [-0.25, -0.2) is 4.79 Å². The molecule has 1 N–H and O–H groups in total. The monoisotopic (exact) mass is 251 g/mol. The Balaban J connectivity index is 2.21. The van der Waals surface area contributed by atoms with E-state index in [1.165, 1.54) is 5.56 Å². The summed E-state index contributed by atoms with van der Waals surface area (Å²) in [7, 11) is 0. The third kappa shape index (κ3) is 5.57. The van der Waals surface area contributed by atoms with Gasteiger partial charge in [-0.05, 0) is 31.0 Å². The van der Waals surface area contributed by atoms with E-state index < -0.39 is 6.09 Å². The smallest absolute Gasteiger partial charge is 0.407 e. The van der Waals surface area contributed by atoms with Crippen molar-refractivity contribution in [3.63, 3.8) is 0 Å². The Morgan fingerprint density at radius 2 is 1.94 bits per heavy atom. The van der Waals surface area contributed by atoms with Crippen molar-refractivity contribution < 1.29 is 14.3 Å². The van der Waals surface area contributed by atoms with Crippen molar-refractivity contribution in [2.75, 3.05) is 19.8 Å². The summed E-state index contributed by atoms with van der Waals surface area (Å²) in [6.45, 7) is 5.19. The minimum atomic E-state index is -0.403. The summed E-state index contributed by atoms with van der Waals surface area (Å²) in [6, 6.07) is 8.04. The molecule has 0 bridgehead atoms. The van der Waals surface area contributed by atoms with Gasteiger partial charge < -0.3 is 14.8 Å². The Morgan fingerprint density at radius 1 is 1.22 bits per heavy atom. The van der Waals surface area contributed by atoms with Gasteiger partial charge in [0.25, 0.3) is 0 Å². The number of benzene rings is 1. The lowest BCUT2D eigenvalue weighted by atomic mass is 10.1. The molecule has 0 fully saturated rings. The minimum Gasteiger partial charge on any atom is -0.492 e. The summed E-state index contributed by atoms with van der Waals surface area (Å²) in [4.78, 5) is 11.0. The largest absolute Gasteiger partial charge is 0.492 e. The van der Waals surface area contributed by atoms with E-state index in [-0.39, 0.29) is 0 Å². The molecule has 4 heteroatoms. The number of nitrogens with one attached hydrogen (secondary N) is 1. The van der Waals surface area contributed by atoms with Gasteiger partial charge in [0, 0.05) is 0 Å². The third-order valence-corrected chi connectivity index (χ3v) is 2.38. The Morgan fingerprint density at radius 3 is 2.56 bits per heavy atom. The van der Waals surface area contributed by atoms with Crippen molar-refractivity contribution >= 4 is 6.09 Å². The van der Waals surface area contributed by atoms with E-state index in [1.807, 2.05) is 12.1 Å². The highest BCUT2D eigenvalue weighted by Crippen LogP contribution is 2.12. The molecule has 0 spiro atoms. The second-order valence-corrected chi connectivity index (χ2v) is 3.89. The van der Waals surface area contributed by atoms with Gasteiger partial charge in [0.15, 0.2) is 0 Å². The van der Waals surface area contributed by atoms with Crippen LogP contribution in [0.25, 0.3) is 0 Å². The van der Waals surface area contributed by atoms with E-state index in [0.29, 0.717) is 19.8 Å². The highest BCUT2D eigenvalue weighted by atomic mass is 16.5. The van der Waals surface area contributed by atoms with Crippen molar-refractivity contribution in [3.8, 4) is 5.75 Å². The Kier molecular flexibility index (Phi) is 6.69. The van der Waals surface area contributed by atoms with Gasteiger partial charge in [0.05, 0.1) is 13.2 Å². The van der Waals surface area contributed by atoms with Gasteiger partial charge in [-0.2, -0.15) is 0 Å². The lowest BCUT2D eigenvalue weighted by Gasteiger charge is -2.08. The fourth-order valence-corrected chi connectivity index (χ4v) is 1.55. The molecule has 0 aliphatic heterocycles. The maximum absolute atomic E-state index is 11.0. The van der Waals surface area contributed by atoms with Crippen LogP contribution in [0.5, 0.6) is 5.75 Å². The Hall–Kier alpha value is -1.71. The van der Waals surface area contributed by atoms with E-state index in [2.05, 4.69) is 24.4 Å². The SMILES string of the molecule is CCCc1ccc(OCCNC(=O)OCC)cc1. The minimum absolute atomic E-state index is 0.381. The first-order valence-electron chi connectivity index (χ1n) is 6.38. The van der Waals surface area contributed by atoms with Crippen LogP contribution >= 0.6 is 0 Å². The van der Waals surface area contributed by atoms with Crippen molar-refractivity contribution in [1.82, 2.24) is 5.32 Å². The maximum atomic E-state index is 11.0. The molecule has 0 heterocycles. The van der Waals surface area contributed by atoms with Gasteiger partial charge in [-0.15, -0.1) is 0 Å². The zero-order valence-corrected chi connectivity index (χ0v) is 11.1. The number of ether oxygens (including phenoxy) is 2. The predicted molar refractivity (Wildman–Crippen MR) is 71.0 cm³/mol. The average molecular weight is 251 g/mol. The van der Waals surface area contributed by atoms with Crippen molar-refractivity contribution in [2.45, 2.75) is 26.7 Å². The van der Waals surface area contributed by atoms with Crippen LogP contribution in [0.3, 0.4) is 0 Å². The van der Waals surface area contributed by atoms with E-state index in [4.69, 9.17) is 9.47 Å². The summed E-state index contributed by atoms with van der Waals surface area (Å²) in [5, 5.41) is 2.60. The first-order valence-corrected chi connectivity index (χ1v) is 6.38. The van der Waals surface area contributed by atoms with Crippen LogP contribution < -0.4 is 10.1 Å². The van der Waals surface area contributed by atoms with Gasteiger partial charge in [0.2, 0.25) is 0 Å². The molecular formula is C14H21NO3. The van der Waals surface area contributed by atoms with Gasteiger partial charge >= 0.3 is 6.09 Å². The van der Waals surface area contributed by atoms with E-state index in [1.54, 1.807) is 6.92 Å². The van der Waals surface area contributed by atoms with E-state index in [0.717, 1.165) is 18.6 Å². The quantitative estimate of drug-likeness (QED) is 0.758. The summed E-state index contributed by atoms with van der Waals surface area (Å²) in [5.41, 5.74) is 1.31. The van der Waals surface area contributed by atoms with Crippen LogP contribution in [0.1, 0.15) is 25.8 Å². The van der Waals surface area contributed by atoms with Crippen molar-refractivity contribution in [1.29, 1.82) is 0 Å². The molecule has 18 heavy (non-hydrogen) atoms. The number of hydrogen-bond acceptors (Lipinski definition) is 3. The number of carbonyl (C=O) groups excluding carboxylic acids is 1. The highest BCUT2D eigenvalue weighted by molar-refractivity contribution is 5.66. The van der Waals surface area contributed by atoms with E-state index >= 15 is 0 Å². The standard InChI is InChI=1S/C14H21NO3/c1-3-5-12-6-8-13(9-7-12)18-11-10-15-14(16)17-4-2/h6-9H,3-5,10-11H2,1-2H3,(H,15,16). The number of aryl methyl sites for hydroxylation is 1. The number of hydrogen-bond donors (Lipinski definition) is 1. The van der Waals surface area contributed by atoms with Gasteiger partial charge in [-0.3, -0.25) is 0 Å². The second kappa shape index (κ2) is 8.39. The molecule has 0 aromatic heterocycles. The van der Waals surface area contributed by atoms with Crippen LogP contribution in [-0.4, -0.2) is 25.9 Å². The fourth-order valence-electron chi connectivity index (χ4n) is 1.55. The summed E-state index contributed by atoms with van der Waals surface area (Å²) >= 11 is 0. The topological polar surface area (TPSA) is 47.6 Å². The van der Waals surface area contributed by atoms with Crippen LogP contribution in [-0.2, 0) is 11.2 Å². The zero-order valence-electron chi connectivity index (χ0n) is 11.1. The average Bonchev–Trinajstić information content (AvgIpc) is 2.37. The molecule has 4 nitrogen and oxygen atoms in total. The molecule has 1 aromatic carbocycles. The molecule has 100 valence electrons. The summed E-state index contributed by atoms with van der Waals surface area (Å²) in [6.07, 6.45) is 1.83. The molecule has 0 unspecified atom stereocenters. The van der Waals surface area contributed by atoms with E-state index in [9.17, 15) is 4.79 Å². The molecule has 0 aliphatic rings. The first kappa shape index (κ1) is 14.4. The van der Waals surface area contributed by atoms with Crippen molar-refractivity contribution in [2.24, 2.45) is 0 Å². The summed E-state index contributed by atoms with van der Waals surface area (Å²) < 4.78 is 10.2. The molecule has 0 radical (unpaired) electrons. The normalized spacial score (nSPS) is 9.89. The van der Waals surface area contributed by atoms with Crippen LogP contribution in [0.4, 0.5) is 4.79 Å². The maximum Gasteiger partial charge on any atom is 0.407 e. The number of alkyl carbamates (subject to hydrolysis) is 1. The van der Waals surface area contributed by atoms with Gasteiger partial charge in [0.1, 0.15) is 12.4 Å². The third-order valence-electron chi connectivity index (χ3n) is 2.38. The number of amides is 1. The Bertz CT molecular complexity index is 349. The highest BCUT2D eigenvalue weighted by Gasteiger charge is 1.99. The molecule has 1 amide bonds. The molecule has 0 saturated heterocycles. The Labute approximate surface area is 108 Å². The summed E-state index contributed by atoms with van der Waals surface area (Å²) in [5.74, 6) is 0.820. The molecule has 0 aliphatic carbocycles. The molecule has 0 atom stereocenters. The predicted octanol–water partition coefficient (Wildman–Crippen LogP) is 2.76. The number of rotatable bonds is 7. The molecule has 1 rings (SSSR count). The van der Waals surface area contributed by atoms with Crippen LogP contribution in [0.2, 0.25) is 0 Å².